The number of nitrogens with two attached hydrogens (primary N) is 1. The predicted octanol–water partition coefficient (Wildman–Crippen LogP) is 3.69. The molecule has 0 aliphatic carbocycles. The van der Waals surface area contributed by atoms with Crippen molar-refractivity contribution < 1.29 is 13.2 Å². The first kappa shape index (κ1) is 23.0. The van der Waals surface area contributed by atoms with E-state index in [4.69, 9.17) is 5.14 Å². The molecule has 0 saturated heterocycles. The summed E-state index contributed by atoms with van der Waals surface area (Å²) in [6.07, 6.45) is 1.67. The van der Waals surface area contributed by atoms with E-state index >= 15 is 0 Å². The number of thioether (sulfide) groups is 1. The molecule has 1 aliphatic heterocycles. The molecule has 3 aromatic rings. The van der Waals surface area contributed by atoms with E-state index in [2.05, 4.69) is 20.6 Å². The number of nitrogens with one attached hydrogen (secondary N) is 2. The molecule has 2 heterocycles. The van der Waals surface area contributed by atoms with Crippen molar-refractivity contribution >= 4 is 56.5 Å². The van der Waals surface area contributed by atoms with Gasteiger partial charge < -0.3 is 15.5 Å². The van der Waals surface area contributed by atoms with Crippen molar-refractivity contribution in [1.29, 1.82) is 0 Å². The van der Waals surface area contributed by atoms with E-state index in [0.29, 0.717) is 35.3 Å². The zero-order valence-corrected chi connectivity index (χ0v) is 20.0. The maximum absolute atomic E-state index is 12.2. The number of primary sulfonamides is 1. The summed E-state index contributed by atoms with van der Waals surface area (Å²) in [5, 5.41) is 11.6. The average molecular weight is 485 g/mol. The molecule has 0 radical (unpaired) electrons. The summed E-state index contributed by atoms with van der Waals surface area (Å²) in [5.74, 6) is 1.42. The molecule has 4 rings (SSSR count). The Labute approximate surface area is 196 Å². The van der Waals surface area contributed by atoms with Crippen molar-refractivity contribution in [2.45, 2.75) is 30.6 Å². The second-order valence-corrected chi connectivity index (χ2v) is 10.2. The van der Waals surface area contributed by atoms with E-state index in [1.807, 2.05) is 32.0 Å². The van der Waals surface area contributed by atoms with Gasteiger partial charge in [0.25, 0.3) is 0 Å². The number of benzene rings is 2. The monoisotopic (exact) mass is 484 g/mol. The fraction of sp³-hybridized carbons (Fsp3) is 0.227. The molecule has 0 bridgehead atoms. The molecule has 1 aliphatic rings. The first-order valence-corrected chi connectivity index (χ1v) is 12.8. The van der Waals surface area contributed by atoms with E-state index in [0.717, 1.165) is 21.8 Å². The number of fused-ring (bicyclic) bond motifs is 1. The van der Waals surface area contributed by atoms with Crippen LogP contribution in [-0.4, -0.2) is 36.6 Å². The van der Waals surface area contributed by atoms with Crippen LogP contribution in [0.25, 0.3) is 0 Å². The smallest absolute Gasteiger partial charge is 0.238 e. The molecular weight excluding hydrogens is 460 g/mol. The lowest BCUT2D eigenvalue weighted by Gasteiger charge is -2.28. The van der Waals surface area contributed by atoms with E-state index in [-0.39, 0.29) is 10.8 Å². The zero-order chi connectivity index (χ0) is 23.8. The van der Waals surface area contributed by atoms with Gasteiger partial charge in [-0.2, -0.15) is 4.98 Å². The van der Waals surface area contributed by atoms with Gasteiger partial charge in [0.15, 0.2) is 0 Å². The number of carbonyl (C=O) groups is 1. The summed E-state index contributed by atoms with van der Waals surface area (Å²) in [4.78, 5) is 24.0. The summed E-state index contributed by atoms with van der Waals surface area (Å²) in [5.41, 5.74) is 3.55. The van der Waals surface area contributed by atoms with Gasteiger partial charge in [0.1, 0.15) is 5.82 Å². The average Bonchev–Trinajstić information content (AvgIpc) is 2.76. The highest BCUT2D eigenvalue weighted by Crippen LogP contribution is 2.37. The molecule has 1 aromatic heterocycles. The zero-order valence-electron chi connectivity index (χ0n) is 18.4. The normalized spacial score (nSPS) is 13.6. The maximum atomic E-state index is 12.2. The van der Waals surface area contributed by atoms with Crippen molar-refractivity contribution in [3.63, 3.8) is 0 Å². The Morgan fingerprint density at radius 2 is 1.82 bits per heavy atom. The minimum Gasteiger partial charge on any atom is -0.340 e. The molecule has 1 amide bonds. The van der Waals surface area contributed by atoms with Gasteiger partial charge in [-0.05, 0) is 56.7 Å². The molecule has 4 N–H and O–H groups in total. The van der Waals surface area contributed by atoms with Crippen LogP contribution in [0.15, 0.2) is 52.4 Å². The first-order chi connectivity index (χ1) is 15.7. The predicted molar refractivity (Wildman–Crippen MR) is 131 cm³/mol. The van der Waals surface area contributed by atoms with E-state index in [1.54, 1.807) is 30.2 Å². The minimum atomic E-state index is -3.85. The number of hydrogen-bond donors (Lipinski definition) is 3. The Bertz CT molecular complexity index is 1340. The van der Waals surface area contributed by atoms with Gasteiger partial charge in [-0.1, -0.05) is 6.07 Å². The Kier molecular flexibility index (Phi) is 6.28. The van der Waals surface area contributed by atoms with Gasteiger partial charge in [-0.25, -0.2) is 18.5 Å². The summed E-state index contributed by atoms with van der Waals surface area (Å²) < 4.78 is 23.6. The van der Waals surface area contributed by atoms with E-state index in [1.165, 1.54) is 17.8 Å². The van der Waals surface area contributed by atoms with Crippen molar-refractivity contribution in [1.82, 2.24) is 9.97 Å². The van der Waals surface area contributed by atoms with Crippen molar-refractivity contribution in [2.24, 2.45) is 5.14 Å². The van der Waals surface area contributed by atoms with Crippen LogP contribution >= 0.6 is 11.8 Å². The van der Waals surface area contributed by atoms with Crippen molar-refractivity contribution in [2.75, 3.05) is 27.8 Å². The third-order valence-corrected chi connectivity index (χ3v) is 7.30. The number of anilines is 5. The number of hydrogen-bond acceptors (Lipinski definition) is 8. The number of aryl methyl sites for hydroxylation is 2. The molecule has 172 valence electrons. The fourth-order valence-electron chi connectivity index (χ4n) is 3.51. The molecule has 0 spiro atoms. The van der Waals surface area contributed by atoms with Crippen molar-refractivity contribution in [3.05, 3.63) is 53.7 Å². The highest BCUT2D eigenvalue weighted by Gasteiger charge is 2.23. The molecule has 9 nitrogen and oxygen atoms in total. The molecule has 2 aromatic carbocycles. The summed E-state index contributed by atoms with van der Waals surface area (Å²) >= 11 is 1.54. The van der Waals surface area contributed by atoms with Crippen LogP contribution < -0.4 is 20.7 Å². The van der Waals surface area contributed by atoms with Gasteiger partial charge in [-0.15, -0.1) is 11.8 Å². The molecule has 0 saturated carbocycles. The highest BCUT2D eigenvalue weighted by atomic mass is 32.2. The maximum Gasteiger partial charge on any atom is 0.238 e. The molecule has 0 unspecified atom stereocenters. The lowest BCUT2D eigenvalue weighted by Crippen LogP contribution is -2.35. The number of rotatable bonds is 6. The number of nitrogens with zero attached hydrogens (tertiary/aromatic N) is 3. The molecule has 0 fully saturated rings. The van der Waals surface area contributed by atoms with E-state index < -0.39 is 10.0 Å². The van der Waals surface area contributed by atoms with Crippen LogP contribution in [-0.2, 0) is 14.8 Å². The van der Waals surface area contributed by atoms with Crippen molar-refractivity contribution in [3.8, 4) is 0 Å². The summed E-state index contributed by atoms with van der Waals surface area (Å²) in [6.45, 7) is 6.12. The van der Waals surface area contributed by atoms with Crippen LogP contribution in [0, 0.1) is 13.8 Å². The number of carbonyl (C=O) groups excluding carboxylic acids is 1. The highest BCUT2D eigenvalue weighted by molar-refractivity contribution is 8.00. The molecule has 33 heavy (non-hydrogen) atoms. The summed E-state index contributed by atoms with van der Waals surface area (Å²) in [7, 11) is -3.85. The second kappa shape index (κ2) is 9.00. The van der Waals surface area contributed by atoms with Crippen LogP contribution in [0.3, 0.4) is 0 Å². The standard InChI is InChI=1S/C22H24N6O3S2/c1-4-28-17-9-15(7-8-18(17)32-12-20(28)29)25-21-14(3)11-24-22(27-21)26-16-6-5-13(2)19(10-16)33(23,30)31/h5-11H,4,12H2,1-3H3,(H2,23,30,31)(H2,24,25,26,27). The Hall–Kier alpha value is -3.15. The Morgan fingerprint density at radius 1 is 1.09 bits per heavy atom. The van der Waals surface area contributed by atoms with Gasteiger partial charge in [0.2, 0.25) is 21.9 Å². The second-order valence-electron chi connectivity index (χ2n) is 7.61. The SMILES string of the molecule is CCN1C(=O)CSc2ccc(Nc3nc(Nc4ccc(C)c(S(N)(=O)=O)c4)ncc3C)cc21. The van der Waals surface area contributed by atoms with Gasteiger partial charge in [0, 0.05) is 34.6 Å². The number of amides is 1. The first-order valence-electron chi connectivity index (χ1n) is 10.2. The third kappa shape index (κ3) is 4.95. The number of sulfonamides is 1. The quantitative estimate of drug-likeness (QED) is 0.483. The van der Waals surface area contributed by atoms with Gasteiger partial charge in [-0.3, -0.25) is 4.79 Å². The lowest BCUT2D eigenvalue weighted by atomic mass is 10.2. The van der Waals surface area contributed by atoms with E-state index in [9.17, 15) is 13.2 Å². The largest absolute Gasteiger partial charge is 0.340 e. The van der Waals surface area contributed by atoms with Crippen LogP contribution in [0.5, 0.6) is 0 Å². The molecular formula is C22H24N6O3S2. The topological polar surface area (TPSA) is 130 Å². The summed E-state index contributed by atoms with van der Waals surface area (Å²) in [6, 6.07) is 10.7. The minimum absolute atomic E-state index is 0.0416. The Morgan fingerprint density at radius 3 is 2.55 bits per heavy atom. The van der Waals surface area contributed by atoms with Crippen LogP contribution in [0.4, 0.5) is 28.8 Å². The van der Waals surface area contributed by atoms with Gasteiger partial charge >= 0.3 is 0 Å². The van der Waals surface area contributed by atoms with Crippen LogP contribution in [0.1, 0.15) is 18.1 Å². The molecule has 11 heteroatoms. The Balaban J connectivity index is 1.60. The lowest BCUT2D eigenvalue weighted by molar-refractivity contribution is -0.116. The molecule has 0 atom stereocenters. The number of aromatic nitrogens is 2. The third-order valence-electron chi connectivity index (χ3n) is 5.20. The fourth-order valence-corrected chi connectivity index (χ4v) is 5.23. The van der Waals surface area contributed by atoms with Gasteiger partial charge in [0.05, 0.1) is 16.3 Å². The van der Waals surface area contributed by atoms with Crippen LogP contribution in [0.2, 0.25) is 0 Å².